The molecule has 1 aromatic heterocycles. The summed E-state index contributed by atoms with van der Waals surface area (Å²) in [4.78, 5) is 0. The molecular formula is C18H15F3N2O2S. The minimum atomic E-state index is -4.36. The quantitative estimate of drug-likeness (QED) is 0.546. The van der Waals surface area contributed by atoms with Crippen LogP contribution in [0, 0.1) is 6.92 Å². The molecule has 1 heterocycles. The summed E-state index contributed by atoms with van der Waals surface area (Å²) in [6.45, 7) is 2.09. The number of aryl methyl sites for hydroxylation is 1. The summed E-state index contributed by atoms with van der Waals surface area (Å²) >= 11 is 1.17. The third kappa shape index (κ3) is 5.01. The second-order valence-electron chi connectivity index (χ2n) is 5.55. The van der Waals surface area contributed by atoms with Gasteiger partial charge in [-0.3, -0.25) is 0 Å². The Bertz CT molecular complexity index is 881. The van der Waals surface area contributed by atoms with Gasteiger partial charge in [-0.2, -0.15) is 13.2 Å². The van der Waals surface area contributed by atoms with E-state index in [2.05, 4.69) is 10.2 Å². The zero-order chi connectivity index (χ0) is 18.6. The Morgan fingerprint density at radius 2 is 1.88 bits per heavy atom. The summed E-state index contributed by atoms with van der Waals surface area (Å²) in [6.07, 6.45) is -4.36. The summed E-state index contributed by atoms with van der Waals surface area (Å²) in [6, 6.07) is 12.7. The Morgan fingerprint density at radius 1 is 1.08 bits per heavy atom. The lowest BCUT2D eigenvalue weighted by Gasteiger charge is -2.07. The van der Waals surface area contributed by atoms with Gasteiger partial charge in [-0.25, -0.2) is 0 Å². The first-order valence-corrected chi connectivity index (χ1v) is 8.69. The van der Waals surface area contributed by atoms with E-state index in [1.807, 2.05) is 31.2 Å². The van der Waals surface area contributed by atoms with E-state index < -0.39 is 11.7 Å². The third-order valence-electron chi connectivity index (χ3n) is 3.42. The highest BCUT2D eigenvalue weighted by molar-refractivity contribution is 7.98. The monoisotopic (exact) mass is 380 g/mol. The molecule has 26 heavy (non-hydrogen) atoms. The number of ether oxygens (including phenoxy) is 1. The lowest BCUT2D eigenvalue weighted by Crippen LogP contribution is -2.04. The van der Waals surface area contributed by atoms with Crippen molar-refractivity contribution < 1.29 is 22.3 Å². The van der Waals surface area contributed by atoms with Crippen molar-refractivity contribution in [2.75, 3.05) is 0 Å². The predicted molar refractivity (Wildman–Crippen MR) is 90.8 cm³/mol. The Kier molecular flexibility index (Phi) is 5.51. The number of hydrogen-bond acceptors (Lipinski definition) is 5. The van der Waals surface area contributed by atoms with Gasteiger partial charge in [0.1, 0.15) is 5.75 Å². The van der Waals surface area contributed by atoms with Crippen LogP contribution in [0.3, 0.4) is 0 Å². The van der Waals surface area contributed by atoms with E-state index in [0.717, 1.165) is 17.7 Å². The molecule has 136 valence electrons. The topological polar surface area (TPSA) is 48.2 Å². The normalized spacial score (nSPS) is 11.5. The number of alkyl halides is 3. The smallest absolute Gasteiger partial charge is 0.416 e. The van der Waals surface area contributed by atoms with Crippen LogP contribution in [-0.4, -0.2) is 10.2 Å². The van der Waals surface area contributed by atoms with Gasteiger partial charge in [0.05, 0.1) is 5.56 Å². The van der Waals surface area contributed by atoms with Gasteiger partial charge in [0.2, 0.25) is 0 Å². The fourth-order valence-corrected chi connectivity index (χ4v) is 2.91. The molecule has 0 spiro atoms. The lowest BCUT2D eigenvalue weighted by atomic mass is 10.1. The molecule has 2 aromatic carbocycles. The molecule has 4 nitrogen and oxygen atoms in total. The highest BCUT2D eigenvalue weighted by Crippen LogP contribution is 2.31. The van der Waals surface area contributed by atoms with Crippen molar-refractivity contribution in [2.45, 2.75) is 30.7 Å². The Morgan fingerprint density at radius 3 is 2.65 bits per heavy atom. The van der Waals surface area contributed by atoms with Crippen LogP contribution < -0.4 is 4.74 Å². The van der Waals surface area contributed by atoms with Crippen LogP contribution in [0.2, 0.25) is 0 Å². The molecule has 8 heteroatoms. The number of halogens is 3. The van der Waals surface area contributed by atoms with Crippen LogP contribution >= 0.6 is 11.8 Å². The van der Waals surface area contributed by atoms with Gasteiger partial charge >= 0.3 is 6.18 Å². The fourth-order valence-electron chi connectivity index (χ4n) is 2.19. The summed E-state index contributed by atoms with van der Waals surface area (Å²) < 4.78 is 49.2. The van der Waals surface area contributed by atoms with E-state index in [-0.39, 0.29) is 11.8 Å². The summed E-state index contributed by atoms with van der Waals surface area (Å²) in [7, 11) is 0. The molecular weight excluding hydrogens is 365 g/mol. The Labute approximate surface area is 152 Å². The van der Waals surface area contributed by atoms with Crippen molar-refractivity contribution in [2.24, 2.45) is 0 Å². The molecule has 0 unspecified atom stereocenters. The van der Waals surface area contributed by atoms with Gasteiger partial charge in [0, 0.05) is 5.75 Å². The van der Waals surface area contributed by atoms with Gasteiger partial charge in [-0.15, -0.1) is 10.2 Å². The maximum absolute atomic E-state index is 12.7. The zero-order valence-corrected chi connectivity index (χ0v) is 14.6. The van der Waals surface area contributed by atoms with Crippen molar-refractivity contribution in [1.82, 2.24) is 10.2 Å². The highest BCUT2D eigenvalue weighted by atomic mass is 32.2. The average Bonchev–Trinajstić information content (AvgIpc) is 3.06. The second kappa shape index (κ2) is 7.82. The molecule has 0 N–H and O–H groups in total. The molecule has 0 aliphatic rings. The van der Waals surface area contributed by atoms with Crippen LogP contribution in [0.25, 0.3) is 0 Å². The first kappa shape index (κ1) is 18.3. The number of hydrogen-bond donors (Lipinski definition) is 0. The zero-order valence-electron chi connectivity index (χ0n) is 13.8. The third-order valence-corrected chi connectivity index (χ3v) is 4.31. The number of thioether (sulfide) groups is 1. The number of benzene rings is 2. The molecule has 0 aliphatic carbocycles. The van der Waals surface area contributed by atoms with Crippen LogP contribution in [0.5, 0.6) is 5.75 Å². The fraction of sp³-hybridized carbons (Fsp3) is 0.222. The molecule has 0 aliphatic heterocycles. The summed E-state index contributed by atoms with van der Waals surface area (Å²) in [5.74, 6) is 1.30. The largest absolute Gasteiger partial charge is 0.484 e. The number of aromatic nitrogens is 2. The van der Waals surface area contributed by atoms with Crippen molar-refractivity contribution in [3.05, 3.63) is 71.1 Å². The lowest BCUT2D eigenvalue weighted by molar-refractivity contribution is -0.137. The number of nitrogens with zero attached hydrogens (tertiary/aromatic N) is 2. The molecule has 0 radical (unpaired) electrons. The molecule has 0 bridgehead atoms. The molecule has 0 atom stereocenters. The molecule has 0 fully saturated rings. The molecule has 3 rings (SSSR count). The van der Waals surface area contributed by atoms with Gasteiger partial charge < -0.3 is 9.15 Å². The predicted octanol–water partition coefficient (Wildman–Crippen LogP) is 5.27. The van der Waals surface area contributed by atoms with Gasteiger partial charge in [0.25, 0.3) is 11.1 Å². The van der Waals surface area contributed by atoms with Crippen molar-refractivity contribution in [3.63, 3.8) is 0 Å². The van der Waals surface area contributed by atoms with E-state index in [0.29, 0.717) is 23.0 Å². The Balaban J connectivity index is 1.55. The maximum atomic E-state index is 12.7. The van der Waals surface area contributed by atoms with Crippen LogP contribution in [0.15, 0.2) is 58.2 Å². The van der Waals surface area contributed by atoms with Crippen molar-refractivity contribution in [1.29, 1.82) is 0 Å². The van der Waals surface area contributed by atoms with Crippen LogP contribution in [0.4, 0.5) is 13.2 Å². The molecule has 3 aromatic rings. The van der Waals surface area contributed by atoms with Crippen molar-refractivity contribution in [3.8, 4) is 5.75 Å². The minimum Gasteiger partial charge on any atom is -0.484 e. The van der Waals surface area contributed by atoms with E-state index >= 15 is 0 Å². The van der Waals surface area contributed by atoms with E-state index in [9.17, 15) is 13.2 Å². The summed E-state index contributed by atoms with van der Waals surface area (Å²) in [5.41, 5.74) is 0.930. The van der Waals surface area contributed by atoms with Crippen molar-refractivity contribution >= 4 is 11.8 Å². The Hall–Kier alpha value is -2.48. The van der Waals surface area contributed by atoms with Crippen LogP contribution in [0.1, 0.15) is 22.6 Å². The highest BCUT2D eigenvalue weighted by Gasteiger charge is 2.30. The van der Waals surface area contributed by atoms with E-state index in [1.54, 1.807) is 6.07 Å². The van der Waals surface area contributed by atoms with Gasteiger partial charge in [-0.05, 0) is 36.2 Å². The molecule has 0 amide bonds. The van der Waals surface area contributed by atoms with Gasteiger partial charge in [-0.1, -0.05) is 42.1 Å². The molecule has 0 saturated heterocycles. The van der Waals surface area contributed by atoms with E-state index in [1.165, 1.54) is 17.8 Å². The minimum absolute atomic E-state index is 0.126. The van der Waals surface area contributed by atoms with Crippen LogP contribution in [-0.2, 0) is 18.5 Å². The standard InChI is InChI=1S/C18H15F3N2O2S/c1-12-4-2-7-15(8-12)24-10-16-22-23-17(25-16)26-11-13-5-3-6-14(9-13)18(19,20)21/h2-9H,10-11H2,1H3. The SMILES string of the molecule is Cc1cccc(OCc2nnc(SCc3cccc(C(F)(F)F)c3)o2)c1. The first-order chi connectivity index (χ1) is 12.4. The van der Waals surface area contributed by atoms with E-state index in [4.69, 9.17) is 9.15 Å². The maximum Gasteiger partial charge on any atom is 0.416 e. The van der Waals surface area contributed by atoms with Gasteiger partial charge in [0.15, 0.2) is 6.61 Å². The first-order valence-electron chi connectivity index (χ1n) is 7.71. The summed E-state index contributed by atoms with van der Waals surface area (Å²) in [5, 5.41) is 8.04. The molecule has 0 saturated carbocycles. The number of rotatable bonds is 6. The average molecular weight is 380 g/mol. The second-order valence-corrected chi connectivity index (χ2v) is 6.48.